The summed E-state index contributed by atoms with van der Waals surface area (Å²) in [5.74, 6) is -0.281. The van der Waals surface area contributed by atoms with Crippen LogP contribution in [0, 0.1) is 15.5 Å². The van der Waals surface area contributed by atoms with Crippen molar-refractivity contribution in [2.45, 2.75) is 12.8 Å². The minimum atomic E-state index is -0.525. The maximum Gasteiger partial charge on any atom is 0.321 e. The van der Waals surface area contributed by atoms with Gasteiger partial charge in [0.05, 0.1) is 0 Å². The summed E-state index contributed by atoms with van der Waals surface area (Å²) in [4.78, 5) is 26.7. The molecule has 0 aliphatic carbocycles. The van der Waals surface area contributed by atoms with Crippen molar-refractivity contribution >= 4 is 24.1 Å². The van der Waals surface area contributed by atoms with Gasteiger partial charge < -0.3 is 20.3 Å². The Morgan fingerprint density at radius 1 is 1.40 bits per heavy atom. The third-order valence-corrected chi connectivity index (χ3v) is 4.16. The van der Waals surface area contributed by atoms with Gasteiger partial charge in [0.2, 0.25) is 0 Å². The number of amides is 1. The highest BCUT2D eigenvalue weighted by atomic mass is 35.5. The largest absolute Gasteiger partial charge is 0.358 e. The number of likely N-dealkylation sites (tertiary alicyclic amines) is 1. The number of nitrogens with zero attached hydrogens (tertiary/aromatic N) is 2. The van der Waals surface area contributed by atoms with E-state index in [1.807, 2.05) is 0 Å². The molecule has 0 radical (unpaired) electrons. The molecule has 0 bridgehead atoms. The summed E-state index contributed by atoms with van der Waals surface area (Å²) in [5, 5.41) is 13.9. The number of carbonyl (C=O) groups is 1. The summed E-state index contributed by atoms with van der Waals surface area (Å²) in [6, 6.07) is 2.81. The maximum atomic E-state index is 12.3. The van der Waals surface area contributed by atoms with E-state index >= 15 is 0 Å². The van der Waals surface area contributed by atoms with Gasteiger partial charge in [-0.15, -0.1) is 12.4 Å². The first-order valence-electron chi connectivity index (χ1n) is 6.43. The molecule has 1 aromatic heterocycles. The van der Waals surface area contributed by atoms with Crippen molar-refractivity contribution in [3.05, 3.63) is 27.9 Å². The third-order valence-electron chi connectivity index (χ3n) is 4.16. The molecule has 1 amide bonds. The Balaban J connectivity index is 0.00000147. The molecule has 2 saturated heterocycles. The van der Waals surface area contributed by atoms with Gasteiger partial charge in [0.25, 0.3) is 5.91 Å². The van der Waals surface area contributed by atoms with Crippen LogP contribution in [0.15, 0.2) is 12.1 Å². The van der Waals surface area contributed by atoms with E-state index in [2.05, 4.69) is 10.3 Å². The minimum absolute atomic E-state index is 0. The molecule has 2 aliphatic rings. The van der Waals surface area contributed by atoms with Gasteiger partial charge in [0, 0.05) is 31.1 Å². The van der Waals surface area contributed by atoms with Crippen LogP contribution in [-0.2, 0) is 0 Å². The zero-order valence-electron chi connectivity index (χ0n) is 10.9. The van der Waals surface area contributed by atoms with Crippen LogP contribution in [0.3, 0.4) is 0 Å². The van der Waals surface area contributed by atoms with Crippen molar-refractivity contribution < 1.29 is 9.72 Å². The first-order chi connectivity index (χ1) is 9.10. The molecule has 8 heteroatoms. The van der Waals surface area contributed by atoms with E-state index < -0.39 is 4.92 Å². The molecule has 7 nitrogen and oxygen atoms in total. The van der Waals surface area contributed by atoms with Gasteiger partial charge in [-0.05, 0) is 30.4 Å². The Kier molecular flexibility index (Phi) is 4.01. The molecule has 2 N–H and O–H groups in total. The van der Waals surface area contributed by atoms with Gasteiger partial charge in [0.1, 0.15) is 0 Å². The second-order valence-electron chi connectivity index (χ2n) is 5.42. The molecule has 0 saturated carbocycles. The number of nitrogens with one attached hydrogen (secondary N) is 2. The average molecular weight is 301 g/mol. The molecule has 2 fully saturated rings. The Morgan fingerprint density at radius 2 is 2.20 bits per heavy atom. The van der Waals surface area contributed by atoms with Gasteiger partial charge in [-0.1, -0.05) is 0 Å². The van der Waals surface area contributed by atoms with E-state index in [1.54, 1.807) is 4.90 Å². The van der Waals surface area contributed by atoms with E-state index in [9.17, 15) is 14.9 Å². The number of hydrogen-bond donors (Lipinski definition) is 2. The predicted octanol–water partition coefficient (Wildman–Crippen LogP) is 1.17. The molecular weight excluding hydrogens is 284 g/mol. The Bertz CT molecular complexity index is 525. The molecule has 1 spiro atoms. The summed E-state index contributed by atoms with van der Waals surface area (Å²) in [7, 11) is 0. The van der Waals surface area contributed by atoms with Crippen LogP contribution in [0.1, 0.15) is 23.3 Å². The highest BCUT2D eigenvalue weighted by Gasteiger charge is 2.42. The quantitative estimate of drug-likeness (QED) is 0.633. The summed E-state index contributed by atoms with van der Waals surface area (Å²) in [5.41, 5.74) is 0.517. The van der Waals surface area contributed by atoms with Crippen LogP contribution in [0.5, 0.6) is 0 Å². The van der Waals surface area contributed by atoms with Crippen molar-refractivity contribution in [3.8, 4) is 0 Å². The van der Waals surface area contributed by atoms with Crippen LogP contribution in [0.4, 0.5) is 5.82 Å². The van der Waals surface area contributed by atoms with Gasteiger partial charge in [-0.25, -0.2) is 4.98 Å². The number of H-pyrrole nitrogens is 1. The first kappa shape index (κ1) is 14.8. The van der Waals surface area contributed by atoms with Crippen LogP contribution in [0.25, 0.3) is 0 Å². The van der Waals surface area contributed by atoms with E-state index in [4.69, 9.17) is 0 Å². The zero-order chi connectivity index (χ0) is 13.5. The van der Waals surface area contributed by atoms with Crippen LogP contribution in [0.2, 0.25) is 0 Å². The lowest BCUT2D eigenvalue weighted by atomic mass is 9.87. The number of nitro groups is 1. The van der Waals surface area contributed by atoms with Gasteiger partial charge in [-0.3, -0.25) is 4.79 Å². The smallest absolute Gasteiger partial charge is 0.321 e. The number of rotatable bonds is 2. The molecule has 3 rings (SSSR count). The van der Waals surface area contributed by atoms with E-state index in [0.717, 1.165) is 39.0 Å². The number of aromatic nitrogens is 1. The van der Waals surface area contributed by atoms with Gasteiger partial charge in [0.15, 0.2) is 5.69 Å². The molecular formula is C12H17ClN4O3. The number of carbonyl (C=O) groups excluding carboxylic acids is 1. The fourth-order valence-corrected chi connectivity index (χ4v) is 3.04. The molecule has 2 aliphatic heterocycles. The fraction of sp³-hybridized carbons (Fsp3) is 0.583. The van der Waals surface area contributed by atoms with Crippen molar-refractivity contribution in [2.24, 2.45) is 5.41 Å². The fourth-order valence-electron chi connectivity index (χ4n) is 3.04. The average Bonchev–Trinajstić information content (AvgIpc) is 3.11. The van der Waals surface area contributed by atoms with E-state index in [0.29, 0.717) is 5.69 Å². The normalized spacial score (nSPS) is 24.9. The monoisotopic (exact) mass is 300 g/mol. The van der Waals surface area contributed by atoms with Crippen LogP contribution in [-0.4, -0.2) is 46.9 Å². The maximum absolute atomic E-state index is 12.3. The van der Waals surface area contributed by atoms with Crippen LogP contribution < -0.4 is 5.32 Å². The van der Waals surface area contributed by atoms with Crippen molar-refractivity contribution in [2.75, 3.05) is 26.2 Å². The summed E-state index contributed by atoms with van der Waals surface area (Å²) in [6.45, 7) is 3.44. The molecule has 20 heavy (non-hydrogen) atoms. The molecule has 1 atom stereocenters. The minimum Gasteiger partial charge on any atom is -0.358 e. The lowest BCUT2D eigenvalue weighted by Gasteiger charge is -2.22. The lowest BCUT2D eigenvalue weighted by Crippen LogP contribution is -2.33. The Hall–Kier alpha value is -1.60. The van der Waals surface area contributed by atoms with Crippen molar-refractivity contribution in [1.29, 1.82) is 0 Å². The number of aromatic amines is 1. The second-order valence-corrected chi connectivity index (χ2v) is 5.42. The summed E-state index contributed by atoms with van der Waals surface area (Å²) in [6.07, 6.45) is 2.11. The SMILES string of the molecule is Cl.O=C(c1ccc([N+](=O)[O-])[nH]1)N1CCC2(CCNC2)C1. The highest BCUT2D eigenvalue weighted by Crippen LogP contribution is 2.36. The van der Waals surface area contributed by atoms with E-state index in [1.165, 1.54) is 12.1 Å². The van der Waals surface area contributed by atoms with Gasteiger partial charge >= 0.3 is 5.82 Å². The van der Waals surface area contributed by atoms with Crippen molar-refractivity contribution in [3.63, 3.8) is 0 Å². The van der Waals surface area contributed by atoms with E-state index in [-0.39, 0.29) is 29.5 Å². The Morgan fingerprint density at radius 3 is 2.80 bits per heavy atom. The molecule has 0 aromatic carbocycles. The zero-order valence-corrected chi connectivity index (χ0v) is 11.7. The Labute approximate surface area is 122 Å². The molecule has 1 aromatic rings. The summed E-state index contributed by atoms with van der Waals surface area (Å²) >= 11 is 0. The lowest BCUT2D eigenvalue weighted by molar-refractivity contribution is -0.389. The molecule has 1 unspecified atom stereocenters. The molecule has 3 heterocycles. The first-order valence-corrected chi connectivity index (χ1v) is 6.43. The number of hydrogen-bond acceptors (Lipinski definition) is 4. The number of halogens is 1. The molecule has 110 valence electrons. The summed E-state index contributed by atoms with van der Waals surface area (Å²) < 4.78 is 0. The predicted molar refractivity (Wildman–Crippen MR) is 75.1 cm³/mol. The van der Waals surface area contributed by atoms with Crippen LogP contribution >= 0.6 is 12.4 Å². The second kappa shape index (κ2) is 5.41. The standard InChI is InChI=1S/C12H16N4O3.ClH/c17-11(9-1-2-10(14-9)16(18)19)15-6-4-12(8-15)3-5-13-7-12;/h1-2,13-14H,3-8H2;1H. The van der Waals surface area contributed by atoms with Gasteiger partial charge in [-0.2, -0.15) is 0 Å². The third kappa shape index (κ3) is 2.51. The topological polar surface area (TPSA) is 91.3 Å². The van der Waals surface area contributed by atoms with Crippen molar-refractivity contribution in [1.82, 2.24) is 15.2 Å². The highest BCUT2D eigenvalue weighted by molar-refractivity contribution is 5.93.